The number of aromatic nitrogens is 2. The molecule has 0 radical (unpaired) electrons. The van der Waals surface area contributed by atoms with Gasteiger partial charge in [-0.3, -0.25) is 19.0 Å². The number of ether oxygens (including phenoxy) is 1. The first-order valence-corrected chi connectivity index (χ1v) is 10.6. The fourth-order valence-electron chi connectivity index (χ4n) is 3.54. The number of hydrogen-bond donors (Lipinski definition) is 1. The lowest BCUT2D eigenvalue weighted by molar-refractivity contribution is -0.122. The number of rotatable bonds is 4. The number of thiophene rings is 1. The Bertz CT molecular complexity index is 1390. The Labute approximate surface area is 180 Å². The Hall–Kier alpha value is -3.78. The van der Waals surface area contributed by atoms with E-state index in [0.29, 0.717) is 27.2 Å². The molecule has 31 heavy (non-hydrogen) atoms. The Balaban J connectivity index is 1.48. The Morgan fingerprint density at radius 3 is 2.81 bits per heavy atom. The zero-order chi connectivity index (χ0) is 21.5. The summed E-state index contributed by atoms with van der Waals surface area (Å²) in [7, 11) is 0. The van der Waals surface area contributed by atoms with Crippen molar-refractivity contribution in [3.8, 4) is 16.9 Å². The summed E-state index contributed by atoms with van der Waals surface area (Å²) in [6.07, 6.45) is 0.814. The van der Waals surface area contributed by atoms with Crippen molar-refractivity contribution in [1.29, 1.82) is 0 Å². The van der Waals surface area contributed by atoms with Gasteiger partial charge in [0.15, 0.2) is 11.9 Å². The minimum Gasteiger partial charge on any atom is -0.479 e. The minimum atomic E-state index is -0.588. The van der Waals surface area contributed by atoms with Crippen LogP contribution < -0.4 is 15.6 Å². The van der Waals surface area contributed by atoms with Crippen LogP contribution in [-0.2, 0) is 11.3 Å². The summed E-state index contributed by atoms with van der Waals surface area (Å²) < 4.78 is 6.84. The van der Waals surface area contributed by atoms with E-state index < -0.39 is 6.10 Å². The second kappa shape index (κ2) is 7.48. The molecule has 4 aromatic rings. The van der Waals surface area contributed by atoms with Crippen molar-refractivity contribution in [2.75, 3.05) is 5.32 Å². The number of amides is 1. The fraction of sp³-hybridized carbons (Fsp3) is 0.130. The molecule has 2 aromatic heterocycles. The fourth-order valence-corrected chi connectivity index (χ4v) is 4.45. The largest absolute Gasteiger partial charge is 0.479 e. The highest BCUT2D eigenvalue weighted by Crippen LogP contribution is 2.31. The summed E-state index contributed by atoms with van der Waals surface area (Å²) in [5, 5.41) is 5.15. The Morgan fingerprint density at radius 1 is 1.19 bits per heavy atom. The predicted molar refractivity (Wildman–Crippen MR) is 119 cm³/mol. The molecule has 1 amide bonds. The summed E-state index contributed by atoms with van der Waals surface area (Å²) >= 11 is 1.40. The minimum absolute atomic E-state index is 0.157. The predicted octanol–water partition coefficient (Wildman–Crippen LogP) is 3.73. The number of Topliss-reactive ketones (excluding diaryl/α,β-unsaturated/α-hetero) is 1. The van der Waals surface area contributed by atoms with Crippen molar-refractivity contribution < 1.29 is 14.3 Å². The van der Waals surface area contributed by atoms with Gasteiger partial charge >= 0.3 is 0 Å². The molecule has 0 spiro atoms. The van der Waals surface area contributed by atoms with Crippen LogP contribution in [0.25, 0.3) is 21.3 Å². The van der Waals surface area contributed by atoms with Gasteiger partial charge in [0.25, 0.3) is 11.5 Å². The molecule has 5 rings (SSSR count). The van der Waals surface area contributed by atoms with Gasteiger partial charge in [-0.05, 0) is 30.7 Å². The number of hydrogen-bond acceptors (Lipinski definition) is 6. The number of nitrogens with zero attached hydrogens (tertiary/aromatic N) is 2. The van der Waals surface area contributed by atoms with Gasteiger partial charge < -0.3 is 10.1 Å². The first-order valence-electron chi connectivity index (χ1n) is 9.68. The maximum Gasteiger partial charge on any atom is 0.265 e. The van der Waals surface area contributed by atoms with E-state index in [2.05, 4.69) is 10.3 Å². The SMILES string of the molecule is CC1Oc2ccc(C(=O)Cn3cnc4scc(-c5ccccc5)c4c3=O)cc2NC1=O. The smallest absolute Gasteiger partial charge is 0.265 e. The molecule has 2 aromatic carbocycles. The average Bonchev–Trinajstić information content (AvgIpc) is 3.22. The molecule has 1 N–H and O–H groups in total. The van der Waals surface area contributed by atoms with E-state index in [0.717, 1.165) is 11.1 Å². The van der Waals surface area contributed by atoms with Crippen molar-refractivity contribution in [2.45, 2.75) is 19.6 Å². The molecule has 1 unspecified atom stereocenters. The van der Waals surface area contributed by atoms with E-state index in [9.17, 15) is 14.4 Å². The number of carbonyl (C=O) groups is 2. The van der Waals surface area contributed by atoms with Crippen molar-refractivity contribution in [3.63, 3.8) is 0 Å². The zero-order valence-electron chi connectivity index (χ0n) is 16.5. The number of benzene rings is 2. The van der Waals surface area contributed by atoms with E-state index in [1.165, 1.54) is 22.2 Å². The standard InChI is InChI=1S/C23H17N3O4S/c1-13-21(28)25-17-9-15(7-8-19(17)30-13)18(27)10-26-12-24-22-20(23(26)29)16(11-31-22)14-5-3-2-4-6-14/h2-9,11-13H,10H2,1H3,(H,25,28). The van der Waals surface area contributed by atoms with Gasteiger partial charge in [-0.15, -0.1) is 11.3 Å². The van der Waals surface area contributed by atoms with Gasteiger partial charge in [-0.1, -0.05) is 30.3 Å². The van der Waals surface area contributed by atoms with Gasteiger partial charge in [0.05, 0.1) is 23.9 Å². The van der Waals surface area contributed by atoms with Crippen LogP contribution in [0.15, 0.2) is 65.0 Å². The normalized spacial score (nSPS) is 15.3. The molecule has 7 nitrogen and oxygen atoms in total. The first-order chi connectivity index (χ1) is 15.0. The second-order valence-corrected chi connectivity index (χ2v) is 8.11. The Kier molecular flexibility index (Phi) is 4.63. The zero-order valence-corrected chi connectivity index (χ0v) is 17.3. The summed E-state index contributed by atoms with van der Waals surface area (Å²) in [6, 6.07) is 14.5. The average molecular weight is 431 g/mol. The van der Waals surface area contributed by atoms with E-state index in [-0.39, 0.29) is 23.8 Å². The van der Waals surface area contributed by atoms with Crippen LogP contribution in [0.5, 0.6) is 5.75 Å². The van der Waals surface area contributed by atoms with Gasteiger partial charge in [-0.25, -0.2) is 4.98 Å². The van der Waals surface area contributed by atoms with Gasteiger partial charge in [0.2, 0.25) is 0 Å². The number of carbonyl (C=O) groups excluding carboxylic acids is 2. The monoisotopic (exact) mass is 431 g/mol. The quantitative estimate of drug-likeness (QED) is 0.497. The molecule has 1 aliphatic rings. The molecular formula is C23H17N3O4S. The summed E-state index contributed by atoms with van der Waals surface area (Å²) in [6.45, 7) is 1.50. The summed E-state index contributed by atoms with van der Waals surface area (Å²) in [5.41, 5.74) is 2.29. The van der Waals surface area contributed by atoms with Gasteiger partial charge in [0.1, 0.15) is 10.6 Å². The highest BCUT2D eigenvalue weighted by molar-refractivity contribution is 7.17. The molecule has 0 saturated heterocycles. The molecular weight excluding hydrogens is 414 g/mol. The second-order valence-electron chi connectivity index (χ2n) is 7.26. The molecule has 8 heteroatoms. The van der Waals surface area contributed by atoms with Crippen LogP contribution in [0.4, 0.5) is 5.69 Å². The molecule has 1 atom stereocenters. The van der Waals surface area contributed by atoms with E-state index in [1.54, 1.807) is 25.1 Å². The molecule has 0 fully saturated rings. The molecule has 0 saturated carbocycles. The molecule has 0 aliphatic carbocycles. The summed E-state index contributed by atoms with van der Waals surface area (Å²) in [5.74, 6) is -0.0287. The lowest BCUT2D eigenvalue weighted by Gasteiger charge is -2.23. The third kappa shape index (κ3) is 3.40. The molecule has 1 aliphatic heterocycles. The van der Waals surface area contributed by atoms with Crippen LogP contribution in [0, 0.1) is 0 Å². The van der Waals surface area contributed by atoms with Crippen LogP contribution in [0.3, 0.4) is 0 Å². The number of ketones is 1. The Morgan fingerprint density at radius 2 is 2.00 bits per heavy atom. The van der Waals surface area contributed by atoms with Crippen molar-refractivity contribution >= 4 is 38.9 Å². The van der Waals surface area contributed by atoms with Crippen LogP contribution in [0.1, 0.15) is 17.3 Å². The van der Waals surface area contributed by atoms with Crippen LogP contribution in [0.2, 0.25) is 0 Å². The van der Waals surface area contributed by atoms with Gasteiger partial charge in [-0.2, -0.15) is 0 Å². The number of anilines is 1. The number of nitrogens with one attached hydrogen (secondary N) is 1. The van der Waals surface area contributed by atoms with E-state index >= 15 is 0 Å². The topological polar surface area (TPSA) is 90.3 Å². The van der Waals surface area contributed by atoms with Crippen molar-refractivity contribution in [3.05, 3.63) is 76.2 Å². The number of fused-ring (bicyclic) bond motifs is 2. The highest BCUT2D eigenvalue weighted by Gasteiger charge is 2.24. The van der Waals surface area contributed by atoms with Crippen molar-refractivity contribution in [2.24, 2.45) is 0 Å². The van der Waals surface area contributed by atoms with Crippen LogP contribution in [-0.4, -0.2) is 27.3 Å². The molecule has 154 valence electrons. The maximum atomic E-state index is 13.2. The maximum absolute atomic E-state index is 13.2. The summed E-state index contributed by atoms with van der Waals surface area (Å²) in [4.78, 5) is 42.9. The van der Waals surface area contributed by atoms with Gasteiger partial charge in [0, 0.05) is 16.5 Å². The highest BCUT2D eigenvalue weighted by atomic mass is 32.1. The molecule has 3 heterocycles. The van der Waals surface area contributed by atoms with Crippen LogP contribution >= 0.6 is 11.3 Å². The van der Waals surface area contributed by atoms with E-state index in [1.807, 2.05) is 35.7 Å². The lowest BCUT2D eigenvalue weighted by atomic mass is 10.1. The first kappa shape index (κ1) is 19.2. The lowest BCUT2D eigenvalue weighted by Crippen LogP contribution is -2.34. The van der Waals surface area contributed by atoms with E-state index in [4.69, 9.17) is 4.74 Å². The molecule has 0 bridgehead atoms. The third-order valence-electron chi connectivity index (χ3n) is 5.19. The van der Waals surface area contributed by atoms with Crippen molar-refractivity contribution in [1.82, 2.24) is 9.55 Å². The third-order valence-corrected chi connectivity index (χ3v) is 6.08.